The molecule has 0 radical (unpaired) electrons. The van der Waals surface area contributed by atoms with Gasteiger partial charge in [0.05, 0.1) is 7.11 Å². The fraction of sp³-hybridized carbons (Fsp3) is 0.462. The van der Waals surface area contributed by atoms with Crippen molar-refractivity contribution in [3.63, 3.8) is 0 Å². The van der Waals surface area contributed by atoms with Crippen LogP contribution in [0, 0.1) is 0 Å². The minimum absolute atomic E-state index is 0.126. The second kappa shape index (κ2) is 7.38. The zero-order valence-corrected chi connectivity index (χ0v) is 12.4. The number of methoxy groups -OCH3 is 1. The minimum atomic E-state index is -0.437. The van der Waals surface area contributed by atoms with Crippen molar-refractivity contribution < 1.29 is 14.3 Å². The molecule has 1 rings (SSSR count). The molecule has 4 nitrogen and oxygen atoms in total. The van der Waals surface area contributed by atoms with Crippen LogP contribution in [0.5, 0.6) is 5.75 Å². The third-order valence-corrected chi connectivity index (χ3v) is 2.97. The van der Waals surface area contributed by atoms with Crippen LogP contribution in [0.15, 0.2) is 22.7 Å². The van der Waals surface area contributed by atoms with Crippen molar-refractivity contribution >= 4 is 21.8 Å². The monoisotopic (exact) mass is 315 g/mol. The maximum Gasteiger partial charge on any atom is 0.249 e. The predicted molar refractivity (Wildman–Crippen MR) is 73.6 cm³/mol. The van der Waals surface area contributed by atoms with Crippen molar-refractivity contribution in [3.8, 4) is 5.75 Å². The largest absolute Gasteiger partial charge is 0.496 e. The lowest BCUT2D eigenvalue weighted by Gasteiger charge is -2.13. The molecule has 0 aliphatic carbocycles. The van der Waals surface area contributed by atoms with Crippen LogP contribution in [-0.4, -0.2) is 25.7 Å². The predicted octanol–water partition coefficient (Wildman–Crippen LogP) is 2.50. The molecule has 1 amide bonds. The number of benzene rings is 1. The highest BCUT2D eigenvalue weighted by Gasteiger charge is 2.13. The summed E-state index contributed by atoms with van der Waals surface area (Å²) in [6.45, 7) is 4.53. The number of hydrogen-bond donors (Lipinski definition) is 1. The molecule has 0 saturated heterocycles. The van der Waals surface area contributed by atoms with Crippen molar-refractivity contribution in [1.29, 1.82) is 0 Å². The number of amides is 1. The van der Waals surface area contributed by atoms with E-state index in [0.29, 0.717) is 13.2 Å². The molecule has 1 atom stereocenters. The van der Waals surface area contributed by atoms with Crippen LogP contribution in [0.25, 0.3) is 0 Å². The summed E-state index contributed by atoms with van der Waals surface area (Å²) in [6.07, 6.45) is -0.437. The van der Waals surface area contributed by atoms with E-state index in [1.54, 1.807) is 14.0 Å². The molecule has 0 saturated carbocycles. The summed E-state index contributed by atoms with van der Waals surface area (Å²) in [5, 5.41) is 2.82. The smallest absolute Gasteiger partial charge is 0.249 e. The Balaban J connectivity index is 2.62. The number of carbonyl (C=O) groups is 1. The Morgan fingerprint density at radius 2 is 2.22 bits per heavy atom. The highest BCUT2D eigenvalue weighted by molar-refractivity contribution is 9.10. The first-order valence-corrected chi connectivity index (χ1v) is 6.59. The van der Waals surface area contributed by atoms with Gasteiger partial charge in [0, 0.05) is 23.2 Å². The quantitative estimate of drug-likeness (QED) is 0.877. The maximum atomic E-state index is 11.7. The Labute approximate surface area is 116 Å². The summed E-state index contributed by atoms with van der Waals surface area (Å²) in [5.41, 5.74) is 0.920. The molecule has 1 N–H and O–H groups in total. The van der Waals surface area contributed by atoms with Gasteiger partial charge in [-0.05, 0) is 32.0 Å². The van der Waals surface area contributed by atoms with Gasteiger partial charge >= 0.3 is 0 Å². The highest BCUT2D eigenvalue weighted by atomic mass is 79.9. The van der Waals surface area contributed by atoms with E-state index in [1.165, 1.54) is 0 Å². The van der Waals surface area contributed by atoms with E-state index in [4.69, 9.17) is 9.47 Å². The SMILES string of the molecule is CCO[C@H](C)C(=O)NCc1cc(Br)ccc1OC. The van der Waals surface area contributed by atoms with Crippen LogP contribution in [0.3, 0.4) is 0 Å². The van der Waals surface area contributed by atoms with E-state index in [0.717, 1.165) is 15.8 Å². The summed E-state index contributed by atoms with van der Waals surface area (Å²) in [5.74, 6) is 0.626. The molecule has 0 unspecified atom stereocenters. The van der Waals surface area contributed by atoms with Gasteiger partial charge in [0.1, 0.15) is 11.9 Å². The topological polar surface area (TPSA) is 47.6 Å². The number of halogens is 1. The second-order valence-corrected chi connectivity index (χ2v) is 4.69. The summed E-state index contributed by atoms with van der Waals surface area (Å²) in [6, 6.07) is 5.68. The maximum absolute atomic E-state index is 11.7. The average molecular weight is 316 g/mol. The Hall–Kier alpha value is -1.07. The van der Waals surface area contributed by atoms with E-state index in [-0.39, 0.29) is 5.91 Å². The van der Waals surface area contributed by atoms with Crippen LogP contribution in [0.4, 0.5) is 0 Å². The fourth-order valence-electron chi connectivity index (χ4n) is 1.54. The van der Waals surface area contributed by atoms with Crippen molar-refractivity contribution in [3.05, 3.63) is 28.2 Å². The van der Waals surface area contributed by atoms with E-state index in [1.807, 2.05) is 25.1 Å². The zero-order chi connectivity index (χ0) is 13.5. The number of ether oxygens (including phenoxy) is 2. The standard InChI is InChI=1S/C13H18BrNO3/c1-4-18-9(2)13(16)15-8-10-7-11(14)5-6-12(10)17-3/h5-7,9H,4,8H2,1-3H3,(H,15,16)/t9-/m1/s1. The zero-order valence-electron chi connectivity index (χ0n) is 10.8. The Morgan fingerprint density at radius 3 is 2.83 bits per heavy atom. The third-order valence-electron chi connectivity index (χ3n) is 2.48. The van der Waals surface area contributed by atoms with Crippen molar-refractivity contribution in [2.24, 2.45) is 0 Å². The van der Waals surface area contributed by atoms with Gasteiger partial charge < -0.3 is 14.8 Å². The van der Waals surface area contributed by atoms with Crippen LogP contribution in [0.2, 0.25) is 0 Å². The molecule has 1 aromatic rings. The van der Waals surface area contributed by atoms with Crippen LogP contribution in [-0.2, 0) is 16.1 Å². The molecule has 0 fully saturated rings. The number of rotatable bonds is 6. The highest BCUT2D eigenvalue weighted by Crippen LogP contribution is 2.22. The molecule has 1 aromatic carbocycles. The Kier molecular flexibility index (Phi) is 6.15. The molecule has 0 spiro atoms. The van der Waals surface area contributed by atoms with Gasteiger partial charge in [0.2, 0.25) is 5.91 Å². The minimum Gasteiger partial charge on any atom is -0.496 e. The average Bonchev–Trinajstić information content (AvgIpc) is 2.36. The molecule has 0 aliphatic heterocycles. The van der Waals surface area contributed by atoms with Crippen LogP contribution >= 0.6 is 15.9 Å². The van der Waals surface area contributed by atoms with E-state index < -0.39 is 6.10 Å². The molecular weight excluding hydrogens is 298 g/mol. The number of hydrogen-bond acceptors (Lipinski definition) is 3. The van der Waals surface area contributed by atoms with Crippen molar-refractivity contribution in [2.45, 2.75) is 26.5 Å². The van der Waals surface area contributed by atoms with Gasteiger partial charge in [-0.2, -0.15) is 0 Å². The third kappa shape index (κ3) is 4.31. The second-order valence-electron chi connectivity index (χ2n) is 3.77. The first-order chi connectivity index (χ1) is 8.58. The van der Waals surface area contributed by atoms with Gasteiger partial charge in [-0.1, -0.05) is 15.9 Å². The van der Waals surface area contributed by atoms with Gasteiger partial charge in [-0.15, -0.1) is 0 Å². The molecule has 100 valence electrons. The normalized spacial score (nSPS) is 12.0. The summed E-state index contributed by atoms with van der Waals surface area (Å²) in [7, 11) is 1.61. The molecule has 18 heavy (non-hydrogen) atoms. The van der Waals surface area contributed by atoms with Gasteiger partial charge in [-0.25, -0.2) is 0 Å². The molecule has 0 bridgehead atoms. The van der Waals surface area contributed by atoms with Gasteiger partial charge in [-0.3, -0.25) is 4.79 Å². The van der Waals surface area contributed by atoms with E-state index in [9.17, 15) is 4.79 Å². The molecule has 5 heteroatoms. The lowest BCUT2D eigenvalue weighted by atomic mass is 10.2. The molecular formula is C13H18BrNO3. The lowest BCUT2D eigenvalue weighted by Crippen LogP contribution is -2.34. The van der Waals surface area contributed by atoms with Crippen LogP contribution in [0.1, 0.15) is 19.4 Å². The van der Waals surface area contributed by atoms with Crippen molar-refractivity contribution in [2.75, 3.05) is 13.7 Å². The first-order valence-electron chi connectivity index (χ1n) is 5.80. The number of nitrogens with one attached hydrogen (secondary N) is 1. The van der Waals surface area contributed by atoms with Gasteiger partial charge in [0.15, 0.2) is 0 Å². The van der Waals surface area contributed by atoms with Gasteiger partial charge in [0.25, 0.3) is 0 Å². The van der Waals surface area contributed by atoms with E-state index >= 15 is 0 Å². The molecule has 0 heterocycles. The van der Waals surface area contributed by atoms with Crippen LogP contribution < -0.4 is 10.1 Å². The lowest BCUT2D eigenvalue weighted by molar-refractivity contribution is -0.131. The Morgan fingerprint density at radius 1 is 1.50 bits per heavy atom. The summed E-state index contributed by atoms with van der Waals surface area (Å²) >= 11 is 3.39. The number of carbonyl (C=O) groups excluding carboxylic acids is 1. The van der Waals surface area contributed by atoms with Crippen molar-refractivity contribution in [1.82, 2.24) is 5.32 Å². The van der Waals surface area contributed by atoms with E-state index in [2.05, 4.69) is 21.2 Å². The summed E-state index contributed by atoms with van der Waals surface area (Å²) in [4.78, 5) is 11.7. The summed E-state index contributed by atoms with van der Waals surface area (Å²) < 4.78 is 11.4. The molecule has 0 aromatic heterocycles. The Bertz CT molecular complexity index is 409. The fourth-order valence-corrected chi connectivity index (χ4v) is 1.95. The molecule has 0 aliphatic rings. The first kappa shape index (κ1) is 15.0.